The highest BCUT2D eigenvalue weighted by Crippen LogP contribution is 1.95. The monoisotopic (exact) mass is 292 g/mol. The first kappa shape index (κ1) is 21.2. The summed E-state index contributed by atoms with van der Waals surface area (Å²) < 4.78 is 0. The van der Waals surface area contributed by atoms with Crippen molar-refractivity contribution in [2.75, 3.05) is 0 Å². The lowest BCUT2D eigenvalue weighted by atomic mass is 10.3. The number of carbonyl (C=O) groups is 2. The van der Waals surface area contributed by atoms with E-state index < -0.39 is 0 Å². The van der Waals surface area contributed by atoms with E-state index in [1.165, 1.54) is 0 Å². The van der Waals surface area contributed by atoms with Crippen LogP contribution in [0.25, 0.3) is 0 Å². The van der Waals surface area contributed by atoms with Gasteiger partial charge >= 0.3 is 11.9 Å². The Morgan fingerprint density at radius 3 is 1.25 bits per heavy atom. The Morgan fingerprint density at radius 1 is 0.750 bits per heavy atom. The van der Waals surface area contributed by atoms with Gasteiger partial charge in [0.15, 0.2) is 0 Å². The van der Waals surface area contributed by atoms with Gasteiger partial charge in [0.1, 0.15) is 0 Å². The fourth-order valence-corrected chi connectivity index (χ4v) is 0.791. The number of carbonyl (C=O) groups excluding carboxylic acids is 2. The zero-order chi connectivity index (χ0) is 16.0. The molecule has 0 saturated heterocycles. The summed E-state index contributed by atoms with van der Waals surface area (Å²) in [4.78, 5) is 39.2. The second-order valence-electron chi connectivity index (χ2n) is 4.70. The lowest BCUT2D eigenvalue weighted by Crippen LogP contribution is -2.09. The van der Waals surface area contributed by atoms with Gasteiger partial charge in [-0.25, -0.2) is 9.59 Å². The van der Waals surface area contributed by atoms with Crippen molar-refractivity contribution in [3.63, 3.8) is 0 Å². The van der Waals surface area contributed by atoms with Gasteiger partial charge in [-0.1, -0.05) is 13.8 Å². The van der Waals surface area contributed by atoms with Gasteiger partial charge in [0.2, 0.25) is 0 Å². The largest absolute Gasteiger partial charge is 0.342 e. The fourth-order valence-electron chi connectivity index (χ4n) is 0.791. The lowest BCUT2D eigenvalue weighted by Gasteiger charge is -2.04. The van der Waals surface area contributed by atoms with Gasteiger partial charge in [0.25, 0.3) is 0 Å². The van der Waals surface area contributed by atoms with Crippen LogP contribution in [0, 0.1) is 0 Å². The van der Waals surface area contributed by atoms with E-state index in [9.17, 15) is 9.59 Å². The second-order valence-corrected chi connectivity index (χ2v) is 4.70. The molecule has 0 bridgehead atoms. The van der Waals surface area contributed by atoms with Gasteiger partial charge in [-0.05, 0) is 40.5 Å². The highest BCUT2D eigenvalue weighted by Gasteiger charge is 2.03. The Hall–Kier alpha value is -1.14. The minimum Gasteiger partial charge on any atom is -0.298 e. The predicted octanol–water partition coefficient (Wildman–Crippen LogP) is 3.34. The van der Waals surface area contributed by atoms with Gasteiger partial charge in [-0.3, -0.25) is 9.78 Å². The third-order valence-electron chi connectivity index (χ3n) is 1.58. The van der Waals surface area contributed by atoms with Crippen LogP contribution in [0.4, 0.5) is 0 Å². The van der Waals surface area contributed by atoms with Crippen LogP contribution in [0.3, 0.4) is 0 Å². The average Bonchev–Trinajstić information content (AvgIpc) is 2.35. The Kier molecular flexibility index (Phi) is 15.1. The summed E-state index contributed by atoms with van der Waals surface area (Å²) in [6, 6.07) is 0. The standard InChI is InChI=1S/2C7H14O3/c2*1-4-5-7(8)10-9-6(2)3/h2*6H,4-5H2,1-3H3. The predicted molar refractivity (Wildman–Crippen MR) is 74.4 cm³/mol. The van der Waals surface area contributed by atoms with Crippen LogP contribution in [0.15, 0.2) is 0 Å². The highest BCUT2D eigenvalue weighted by molar-refractivity contribution is 5.68. The summed E-state index contributed by atoms with van der Waals surface area (Å²) in [6.45, 7) is 11.0. The third kappa shape index (κ3) is 19.2. The van der Waals surface area contributed by atoms with Crippen molar-refractivity contribution in [2.45, 2.75) is 79.4 Å². The van der Waals surface area contributed by atoms with Gasteiger partial charge in [0, 0.05) is 12.8 Å². The Balaban J connectivity index is 0. The van der Waals surface area contributed by atoms with E-state index in [4.69, 9.17) is 0 Å². The highest BCUT2D eigenvalue weighted by atomic mass is 17.2. The summed E-state index contributed by atoms with van der Waals surface area (Å²) >= 11 is 0. The van der Waals surface area contributed by atoms with Crippen LogP contribution >= 0.6 is 0 Å². The third-order valence-corrected chi connectivity index (χ3v) is 1.58. The molecule has 0 unspecified atom stereocenters. The molecule has 6 nitrogen and oxygen atoms in total. The van der Waals surface area contributed by atoms with Crippen molar-refractivity contribution < 1.29 is 29.1 Å². The summed E-state index contributed by atoms with van der Waals surface area (Å²) in [6.07, 6.45) is 2.32. The molecule has 0 N–H and O–H groups in total. The van der Waals surface area contributed by atoms with Crippen molar-refractivity contribution in [1.82, 2.24) is 0 Å². The normalized spacial score (nSPS) is 10.0. The SMILES string of the molecule is CCCC(=O)OOC(C)C.CCCC(=O)OOC(C)C. The van der Waals surface area contributed by atoms with Crippen LogP contribution in [-0.4, -0.2) is 24.1 Å². The van der Waals surface area contributed by atoms with Crippen LogP contribution in [-0.2, 0) is 29.1 Å². The van der Waals surface area contributed by atoms with E-state index in [0.29, 0.717) is 12.8 Å². The molecule has 0 fully saturated rings. The summed E-state index contributed by atoms with van der Waals surface area (Å²) in [5, 5.41) is 0. The number of rotatable bonds is 8. The molecule has 20 heavy (non-hydrogen) atoms. The molecule has 0 spiro atoms. The van der Waals surface area contributed by atoms with E-state index in [2.05, 4.69) is 19.6 Å². The maximum absolute atomic E-state index is 10.6. The molecule has 0 saturated carbocycles. The topological polar surface area (TPSA) is 71.1 Å². The molecule has 120 valence electrons. The average molecular weight is 292 g/mol. The molecule has 0 aliphatic heterocycles. The van der Waals surface area contributed by atoms with Crippen molar-refractivity contribution in [3.8, 4) is 0 Å². The van der Waals surface area contributed by atoms with Crippen molar-refractivity contribution in [2.24, 2.45) is 0 Å². The molecule has 0 aliphatic carbocycles. The number of hydrogen-bond donors (Lipinski definition) is 0. The van der Waals surface area contributed by atoms with Gasteiger partial charge < -0.3 is 0 Å². The summed E-state index contributed by atoms with van der Waals surface area (Å²) in [5.41, 5.74) is 0. The zero-order valence-corrected chi connectivity index (χ0v) is 13.4. The Bertz CT molecular complexity index is 224. The van der Waals surface area contributed by atoms with Gasteiger partial charge in [-0.2, -0.15) is 9.78 Å². The smallest absolute Gasteiger partial charge is 0.298 e. The van der Waals surface area contributed by atoms with Crippen LogP contribution < -0.4 is 0 Å². The van der Waals surface area contributed by atoms with Crippen molar-refractivity contribution >= 4 is 11.9 Å². The minimum atomic E-state index is -0.295. The first-order valence-corrected chi connectivity index (χ1v) is 7.05. The molecule has 0 heterocycles. The minimum absolute atomic E-state index is 0.0548. The zero-order valence-electron chi connectivity index (χ0n) is 13.4. The van der Waals surface area contributed by atoms with Gasteiger partial charge in [-0.15, -0.1) is 0 Å². The molecule has 0 rings (SSSR count). The van der Waals surface area contributed by atoms with E-state index in [1.807, 2.05) is 13.8 Å². The Morgan fingerprint density at radius 2 is 1.05 bits per heavy atom. The molecular formula is C14H28O6. The maximum Gasteiger partial charge on any atom is 0.342 e. The first-order valence-electron chi connectivity index (χ1n) is 7.05. The molecule has 0 radical (unpaired) electrons. The van der Waals surface area contributed by atoms with Crippen LogP contribution in [0.2, 0.25) is 0 Å². The maximum atomic E-state index is 10.6. The van der Waals surface area contributed by atoms with E-state index in [1.54, 1.807) is 27.7 Å². The molecule has 0 aromatic heterocycles. The van der Waals surface area contributed by atoms with Crippen molar-refractivity contribution in [1.29, 1.82) is 0 Å². The summed E-state index contributed by atoms with van der Waals surface area (Å²) in [5.74, 6) is -0.590. The van der Waals surface area contributed by atoms with E-state index >= 15 is 0 Å². The van der Waals surface area contributed by atoms with E-state index in [0.717, 1.165) is 12.8 Å². The first-order chi connectivity index (χ1) is 9.33. The Labute approximate surface area is 121 Å². The van der Waals surface area contributed by atoms with Gasteiger partial charge in [0.05, 0.1) is 12.2 Å². The molecular weight excluding hydrogens is 264 g/mol. The molecule has 0 atom stereocenters. The lowest BCUT2D eigenvalue weighted by molar-refractivity contribution is -0.291. The van der Waals surface area contributed by atoms with Crippen LogP contribution in [0.1, 0.15) is 67.2 Å². The van der Waals surface area contributed by atoms with Crippen LogP contribution in [0.5, 0.6) is 0 Å². The molecule has 0 amide bonds. The fraction of sp³-hybridized carbons (Fsp3) is 0.857. The molecule has 0 aromatic rings. The molecule has 0 aliphatic rings. The molecule has 0 aromatic carbocycles. The van der Waals surface area contributed by atoms with Crippen molar-refractivity contribution in [3.05, 3.63) is 0 Å². The van der Waals surface area contributed by atoms with E-state index in [-0.39, 0.29) is 24.1 Å². The molecule has 6 heteroatoms. The second kappa shape index (κ2) is 14.3. The quantitative estimate of drug-likeness (QED) is 0.504. The summed E-state index contributed by atoms with van der Waals surface area (Å²) in [7, 11) is 0. The number of hydrogen-bond acceptors (Lipinski definition) is 6.